The van der Waals surface area contributed by atoms with Gasteiger partial charge in [-0.3, -0.25) is 11.3 Å². The number of pyridine rings is 1. The molecule has 1 aromatic heterocycles. The third-order valence-corrected chi connectivity index (χ3v) is 3.91. The minimum Gasteiger partial charge on any atom is -0.383 e. The number of anilines is 1. The van der Waals surface area contributed by atoms with E-state index >= 15 is 0 Å². The Morgan fingerprint density at radius 3 is 2.48 bits per heavy atom. The van der Waals surface area contributed by atoms with E-state index in [1.54, 1.807) is 18.2 Å². The molecule has 0 amide bonds. The minimum absolute atomic E-state index is 0.282. The van der Waals surface area contributed by atoms with Crippen LogP contribution in [0.15, 0.2) is 36.5 Å². The van der Waals surface area contributed by atoms with E-state index in [2.05, 4.69) is 10.4 Å². The molecule has 112 valence electrons. The quantitative estimate of drug-likeness (QED) is 0.599. The highest BCUT2D eigenvalue weighted by atomic mass is 35.5. The molecule has 0 bridgehead atoms. The lowest BCUT2D eigenvalue weighted by atomic mass is 9.75. The number of nitrogens with two attached hydrogens (primary N) is 2. The first-order valence-corrected chi connectivity index (χ1v) is 6.87. The summed E-state index contributed by atoms with van der Waals surface area (Å²) in [6, 6.07) is 7.71. The molecule has 0 spiro atoms. The lowest BCUT2D eigenvalue weighted by molar-refractivity contribution is 0.353. The van der Waals surface area contributed by atoms with E-state index in [0.29, 0.717) is 16.4 Å². The Morgan fingerprint density at radius 1 is 1.29 bits per heavy atom. The number of benzene rings is 1. The summed E-state index contributed by atoms with van der Waals surface area (Å²) < 4.78 is 13.1. The van der Waals surface area contributed by atoms with Gasteiger partial charge in [0.15, 0.2) is 0 Å². The summed E-state index contributed by atoms with van der Waals surface area (Å²) in [6.07, 6.45) is 1.48. The molecule has 5 N–H and O–H groups in total. The summed E-state index contributed by atoms with van der Waals surface area (Å²) in [6.45, 7) is 3.98. The highest BCUT2D eigenvalue weighted by Crippen LogP contribution is 2.38. The van der Waals surface area contributed by atoms with Crippen molar-refractivity contribution in [1.29, 1.82) is 0 Å². The maximum atomic E-state index is 13.1. The van der Waals surface area contributed by atoms with Crippen molar-refractivity contribution in [3.8, 4) is 0 Å². The van der Waals surface area contributed by atoms with Gasteiger partial charge in [0.1, 0.15) is 11.6 Å². The SMILES string of the molecule is CC(C)(c1ccc(F)cc1)C(NN)c1cc(Cl)cnc1N. The number of hydrogen-bond acceptors (Lipinski definition) is 4. The summed E-state index contributed by atoms with van der Waals surface area (Å²) in [5.41, 5.74) is 9.90. The lowest BCUT2D eigenvalue weighted by Crippen LogP contribution is -2.41. The molecule has 21 heavy (non-hydrogen) atoms. The highest BCUT2D eigenvalue weighted by Gasteiger charge is 2.33. The van der Waals surface area contributed by atoms with Gasteiger partial charge in [0, 0.05) is 17.2 Å². The average Bonchev–Trinajstić information content (AvgIpc) is 2.43. The molecule has 0 aliphatic heterocycles. The van der Waals surface area contributed by atoms with Crippen molar-refractivity contribution in [2.75, 3.05) is 5.73 Å². The second kappa shape index (κ2) is 5.97. The molecule has 0 aliphatic carbocycles. The van der Waals surface area contributed by atoms with E-state index < -0.39 is 5.41 Å². The number of hydrazine groups is 1. The van der Waals surface area contributed by atoms with Crippen LogP contribution in [0.4, 0.5) is 10.2 Å². The maximum Gasteiger partial charge on any atom is 0.128 e. The van der Waals surface area contributed by atoms with E-state index in [1.807, 2.05) is 13.8 Å². The van der Waals surface area contributed by atoms with Gasteiger partial charge in [-0.05, 0) is 23.8 Å². The monoisotopic (exact) mass is 308 g/mol. The van der Waals surface area contributed by atoms with Gasteiger partial charge in [0.05, 0.1) is 11.1 Å². The fourth-order valence-corrected chi connectivity index (χ4v) is 2.60. The summed E-state index contributed by atoms with van der Waals surface area (Å²) in [7, 11) is 0. The van der Waals surface area contributed by atoms with Gasteiger partial charge in [-0.15, -0.1) is 0 Å². The van der Waals surface area contributed by atoms with Crippen LogP contribution in [0.1, 0.15) is 31.0 Å². The Balaban J connectivity index is 2.48. The Bertz CT molecular complexity index is 628. The zero-order chi connectivity index (χ0) is 15.6. The molecule has 1 heterocycles. The number of rotatable bonds is 4. The smallest absolute Gasteiger partial charge is 0.128 e. The second-order valence-corrected chi connectivity index (χ2v) is 5.89. The van der Waals surface area contributed by atoms with E-state index in [4.69, 9.17) is 23.2 Å². The first kappa shape index (κ1) is 15.7. The van der Waals surface area contributed by atoms with E-state index in [1.165, 1.54) is 18.3 Å². The average molecular weight is 309 g/mol. The van der Waals surface area contributed by atoms with E-state index in [9.17, 15) is 4.39 Å². The van der Waals surface area contributed by atoms with Crippen LogP contribution in [0.25, 0.3) is 0 Å². The summed E-state index contributed by atoms with van der Waals surface area (Å²) >= 11 is 6.00. The van der Waals surface area contributed by atoms with Crippen molar-refractivity contribution in [3.05, 3.63) is 58.5 Å². The third-order valence-electron chi connectivity index (χ3n) is 3.70. The van der Waals surface area contributed by atoms with Crippen molar-refractivity contribution in [3.63, 3.8) is 0 Å². The van der Waals surface area contributed by atoms with Gasteiger partial charge in [0.2, 0.25) is 0 Å². The number of aromatic nitrogens is 1. The topological polar surface area (TPSA) is 77.0 Å². The van der Waals surface area contributed by atoms with Crippen molar-refractivity contribution in [2.24, 2.45) is 5.84 Å². The zero-order valence-corrected chi connectivity index (χ0v) is 12.7. The Kier molecular flexibility index (Phi) is 4.46. The van der Waals surface area contributed by atoms with E-state index in [0.717, 1.165) is 5.56 Å². The van der Waals surface area contributed by atoms with Gasteiger partial charge in [-0.25, -0.2) is 9.37 Å². The van der Waals surface area contributed by atoms with Crippen LogP contribution in [0.3, 0.4) is 0 Å². The molecule has 2 aromatic rings. The maximum absolute atomic E-state index is 13.1. The molecule has 0 radical (unpaired) electrons. The Hall–Kier alpha value is -1.69. The van der Waals surface area contributed by atoms with Gasteiger partial charge in [0.25, 0.3) is 0 Å². The summed E-state index contributed by atoms with van der Waals surface area (Å²) in [5, 5.41) is 0.481. The molecule has 1 atom stereocenters. The summed E-state index contributed by atoms with van der Waals surface area (Å²) in [4.78, 5) is 4.06. The normalized spacial score (nSPS) is 13.2. The van der Waals surface area contributed by atoms with Crippen molar-refractivity contribution >= 4 is 17.4 Å². The highest BCUT2D eigenvalue weighted by molar-refractivity contribution is 6.30. The fourth-order valence-electron chi connectivity index (χ4n) is 2.43. The van der Waals surface area contributed by atoms with Crippen molar-refractivity contribution in [1.82, 2.24) is 10.4 Å². The standard InChI is InChI=1S/C15H18ClFN4/c1-15(2,9-3-5-11(17)6-4-9)13(21-19)12-7-10(16)8-20-14(12)18/h3-8,13,21H,19H2,1-2H3,(H2,18,20). The Labute approximate surface area is 128 Å². The molecule has 4 nitrogen and oxygen atoms in total. The van der Waals surface area contributed by atoms with Crippen molar-refractivity contribution < 1.29 is 4.39 Å². The van der Waals surface area contributed by atoms with Crippen LogP contribution in [-0.2, 0) is 5.41 Å². The van der Waals surface area contributed by atoms with Crippen LogP contribution in [0.5, 0.6) is 0 Å². The van der Waals surface area contributed by atoms with Gasteiger partial charge in [-0.2, -0.15) is 0 Å². The molecule has 1 aromatic carbocycles. The number of nitrogens with zero attached hydrogens (tertiary/aromatic N) is 1. The molecule has 2 rings (SSSR count). The largest absolute Gasteiger partial charge is 0.383 e. The predicted octanol–water partition coefficient (Wildman–Crippen LogP) is 2.94. The minimum atomic E-state index is -0.442. The van der Waals surface area contributed by atoms with Crippen LogP contribution in [0.2, 0.25) is 5.02 Å². The molecule has 0 saturated heterocycles. The molecule has 0 saturated carbocycles. The van der Waals surface area contributed by atoms with Crippen LogP contribution in [-0.4, -0.2) is 4.98 Å². The predicted molar refractivity (Wildman–Crippen MR) is 83.1 cm³/mol. The molecule has 0 aliphatic rings. The van der Waals surface area contributed by atoms with Gasteiger partial charge in [-0.1, -0.05) is 37.6 Å². The van der Waals surface area contributed by atoms with Gasteiger partial charge < -0.3 is 5.73 Å². The lowest BCUT2D eigenvalue weighted by Gasteiger charge is -2.35. The number of nitrogens with one attached hydrogen (secondary N) is 1. The Morgan fingerprint density at radius 2 is 1.90 bits per heavy atom. The molecular formula is C15H18ClFN4. The molecule has 0 fully saturated rings. The van der Waals surface area contributed by atoms with Gasteiger partial charge >= 0.3 is 0 Å². The van der Waals surface area contributed by atoms with Crippen molar-refractivity contribution in [2.45, 2.75) is 25.3 Å². The number of hydrogen-bond donors (Lipinski definition) is 3. The fraction of sp³-hybridized carbons (Fsp3) is 0.267. The third kappa shape index (κ3) is 3.15. The van der Waals surface area contributed by atoms with Crippen LogP contribution >= 0.6 is 11.6 Å². The molecule has 1 unspecified atom stereocenters. The molecule has 6 heteroatoms. The molecular weight excluding hydrogens is 291 g/mol. The van der Waals surface area contributed by atoms with Crippen LogP contribution in [0, 0.1) is 5.82 Å². The first-order chi connectivity index (χ1) is 9.86. The van der Waals surface area contributed by atoms with E-state index in [-0.39, 0.29) is 11.9 Å². The van der Waals surface area contributed by atoms with Crippen LogP contribution < -0.4 is 17.0 Å². The number of halogens is 2. The number of nitrogen functional groups attached to an aromatic ring is 1. The summed E-state index contributed by atoms with van der Waals surface area (Å²) in [5.74, 6) is 5.80. The second-order valence-electron chi connectivity index (χ2n) is 5.46. The zero-order valence-electron chi connectivity index (χ0n) is 11.9. The first-order valence-electron chi connectivity index (χ1n) is 6.49.